The van der Waals surface area contributed by atoms with Gasteiger partial charge in [-0.2, -0.15) is 0 Å². The average molecular weight is 434 g/mol. The van der Waals surface area contributed by atoms with E-state index >= 15 is 0 Å². The van der Waals surface area contributed by atoms with E-state index in [9.17, 15) is 4.79 Å². The molecular formula is C22H32ClN5O2. The van der Waals surface area contributed by atoms with Gasteiger partial charge in [0.05, 0.1) is 12.0 Å². The predicted octanol–water partition coefficient (Wildman–Crippen LogP) is 4.04. The molecule has 1 aliphatic heterocycles. The molecule has 0 saturated carbocycles. The number of carbonyl (C=O) groups is 1. The van der Waals surface area contributed by atoms with Crippen molar-refractivity contribution in [2.45, 2.75) is 58.6 Å². The van der Waals surface area contributed by atoms with Crippen molar-refractivity contribution in [1.82, 2.24) is 21.2 Å². The number of amidine groups is 1. The van der Waals surface area contributed by atoms with Crippen LogP contribution in [-0.4, -0.2) is 41.6 Å². The fourth-order valence-corrected chi connectivity index (χ4v) is 3.10. The summed E-state index contributed by atoms with van der Waals surface area (Å²) in [5.74, 6) is 0.898. The van der Waals surface area contributed by atoms with E-state index in [1.165, 1.54) is 0 Å². The molecule has 164 valence electrons. The number of pyridine rings is 1. The number of allylic oxidation sites excluding steroid dienone is 3. The van der Waals surface area contributed by atoms with Crippen LogP contribution in [0.2, 0.25) is 0 Å². The summed E-state index contributed by atoms with van der Waals surface area (Å²) in [5.41, 5.74) is 8.32. The van der Waals surface area contributed by atoms with Crippen LogP contribution in [0.3, 0.4) is 0 Å². The van der Waals surface area contributed by atoms with Gasteiger partial charge in [0.1, 0.15) is 11.4 Å². The molecule has 0 spiro atoms. The molecule has 2 unspecified atom stereocenters. The highest BCUT2D eigenvalue weighted by molar-refractivity contribution is 6.29. The number of hydrogen-bond acceptors (Lipinski definition) is 5. The molecule has 2 heterocycles. The van der Waals surface area contributed by atoms with Crippen molar-refractivity contribution >= 4 is 23.5 Å². The minimum Gasteiger partial charge on any atom is -0.444 e. The number of hydrazine groups is 1. The normalized spacial score (nSPS) is 21.5. The molecule has 1 aromatic rings. The van der Waals surface area contributed by atoms with Gasteiger partial charge in [-0.3, -0.25) is 9.98 Å². The number of amides is 1. The molecule has 1 saturated heterocycles. The SMILES string of the molecule is C/C(Cl)=C\C=C(/C)C1NNC(=NCCCNC(=O)OC(C)(C)C)C1c1ccncc1. The number of hydrogen-bond donors (Lipinski definition) is 3. The van der Waals surface area contributed by atoms with Crippen molar-refractivity contribution in [2.75, 3.05) is 13.1 Å². The van der Waals surface area contributed by atoms with Crippen molar-refractivity contribution in [1.29, 1.82) is 0 Å². The van der Waals surface area contributed by atoms with Crippen LogP contribution in [0.25, 0.3) is 0 Å². The third-order valence-corrected chi connectivity index (χ3v) is 4.53. The van der Waals surface area contributed by atoms with Crippen molar-refractivity contribution in [3.8, 4) is 0 Å². The molecule has 1 amide bonds. The number of halogens is 1. The Hall–Kier alpha value is -2.38. The van der Waals surface area contributed by atoms with Crippen molar-refractivity contribution < 1.29 is 9.53 Å². The van der Waals surface area contributed by atoms with E-state index in [-0.39, 0.29) is 12.0 Å². The molecular weight excluding hydrogens is 402 g/mol. The van der Waals surface area contributed by atoms with E-state index in [0.717, 1.165) is 22.0 Å². The lowest BCUT2D eigenvalue weighted by Gasteiger charge is -2.19. The summed E-state index contributed by atoms with van der Waals surface area (Å²) in [6.07, 6.45) is 7.78. The Morgan fingerprint density at radius 3 is 2.63 bits per heavy atom. The summed E-state index contributed by atoms with van der Waals surface area (Å²) in [5, 5.41) is 3.49. The van der Waals surface area contributed by atoms with E-state index in [4.69, 9.17) is 21.3 Å². The number of aliphatic imine (C=N–C) groups is 1. The van der Waals surface area contributed by atoms with Crippen LogP contribution in [0.15, 0.2) is 52.3 Å². The van der Waals surface area contributed by atoms with Gasteiger partial charge in [-0.05, 0) is 64.8 Å². The summed E-state index contributed by atoms with van der Waals surface area (Å²) >= 11 is 5.98. The molecule has 0 bridgehead atoms. The molecule has 1 aliphatic rings. The van der Waals surface area contributed by atoms with Crippen LogP contribution in [0.1, 0.15) is 52.5 Å². The Balaban J connectivity index is 2.03. The Morgan fingerprint density at radius 1 is 1.30 bits per heavy atom. The minimum atomic E-state index is -0.501. The van der Waals surface area contributed by atoms with Crippen molar-refractivity contribution in [2.24, 2.45) is 4.99 Å². The van der Waals surface area contributed by atoms with Crippen LogP contribution >= 0.6 is 11.6 Å². The third-order valence-electron chi connectivity index (χ3n) is 4.40. The minimum absolute atomic E-state index is 0.0343. The highest BCUT2D eigenvalue weighted by Crippen LogP contribution is 2.28. The lowest BCUT2D eigenvalue weighted by atomic mass is 9.88. The smallest absolute Gasteiger partial charge is 0.407 e. The van der Waals surface area contributed by atoms with Crippen LogP contribution < -0.4 is 16.2 Å². The van der Waals surface area contributed by atoms with Crippen LogP contribution in [0.4, 0.5) is 4.79 Å². The highest BCUT2D eigenvalue weighted by Gasteiger charge is 2.34. The number of nitrogens with zero attached hydrogens (tertiary/aromatic N) is 2. The lowest BCUT2D eigenvalue weighted by Crippen LogP contribution is -2.33. The van der Waals surface area contributed by atoms with Gasteiger partial charge in [0.15, 0.2) is 0 Å². The number of nitrogens with one attached hydrogen (secondary N) is 3. The standard InChI is InChI=1S/C22H32ClN5O2/c1-15(7-8-16(2)23)19-18(17-9-13-24-14-10-17)20(28-27-19)25-11-6-12-26-21(29)30-22(3,4)5/h7-10,13-14,18-19,27H,6,11-12H2,1-5H3,(H,25,28)(H,26,29)/b15-7+,16-8+. The van der Waals surface area contributed by atoms with Gasteiger partial charge < -0.3 is 15.5 Å². The maximum atomic E-state index is 11.7. The zero-order chi connectivity index (χ0) is 22.1. The van der Waals surface area contributed by atoms with E-state index in [1.54, 1.807) is 12.4 Å². The predicted molar refractivity (Wildman–Crippen MR) is 122 cm³/mol. The van der Waals surface area contributed by atoms with E-state index in [2.05, 4.69) is 28.1 Å². The molecule has 8 heteroatoms. The first kappa shape index (κ1) is 23.9. The van der Waals surface area contributed by atoms with Gasteiger partial charge in [0, 0.05) is 30.5 Å². The maximum absolute atomic E-state index is 11.7. The largest absolute Gasteiger partial charge is 0.444 e. The lowest BCUT2D eigenvalue weighted by molar-refractivity contribution is 0.0527. The number of ether oxygens (including phenoxy) is 1. The van der Waals surface area contributed by atoms with Gasteiger partial charge in [-0.25, -0.2) is 10.2 Å². The van der Waals surface area contributed by atoms with Crippen LogP contribution in [-0.2, 0) is 4.74 Å². The second-order valence-corrected chi connectivity index (χ2v) is 8.81. The zero-order valence-corrected chi connectivity index (χ0v) is 19.1. The summed E-state index contributed by atoms with van der Waals surface area (Å²) < 4.78 is 5.24. The second-order valence-electron chi connectivity index (χ2n) is 8.22. The van der Waals surface area contributed by atoms with Crippen LogP contribution in [0, 0.1) is 0 Å². The van der Waals surface area contributed by atoms with Gasteiger partial charge in [0.2, 0.25) is 0 Å². The first-order chi connectivity index (χ1) is 14.2. The Labute approximate surface area is 184 Å². The summed E-state index contributed by atoms with van der Waals surface area (Å²) in [4.78, 5) is 20.6. The molecule has 7 nitrogen and oxygen atoms in total. The van der Waals surface area contributed by atoms with Crippen molar-refractivity contribution in [3.63, 3.8) is 0 Å². The Bertz CT molecular complexity index is 795. The Morgan fingerprint density at radius 2 is 2.00 bits per heavy atom. The van der Waals surface area contributed by atoms with Gasteiger partial charge in [0.25, 0.3) is 0 Å². The van der Waals surface area contributed by atoms with Gasteiger partial charge in [-0.1, -0.05) is 23.3 Å². The zero-order valence-electron chi connectivity index (χ0n) is 18.3. The fourth-order valence-electron chi connectivity index (χ4n) is 3.04. The maximum Gasteiger partial charge on any atom is 0.407 e. The summed E-state index contributed by atoms with van der Waals surface area (Å²) in [7, 11) is 0. The quantitative estimate of drug-likeness (QED) is 0.446. The van der Waals surface area contributed by atoms with Crippen molar-refractivity contribution in [3.05, 3.63) is 52.8 Å². The number of alkyl carbamates (subject to hydrolysis) is 1. The fraction of sp³-hybridized carbons (Fsp3) is 0.500. The third kappa shape index (κ3) is 7.80. The molecule has 30 heavy (non-hydrogen) atoms. The Kier molecular flexibility index (Phi) is 8.87. The number of aromatic nitrogens is 1. The molecule has 2 atom stereocenters. The summed E-state index contributed by atoms with van der Waals surface area (Å²) in [6, 6.07) is 4.04. The molecule has 2 rings (SSSR count). The monoisotopic (exact) mass is 433 g/mol. The van der Waals surface area contributed by atoms with E-state index < -0.39 is 11.7 Å². The second kappa shape index (κ2) is 11.1. The first-order valence-corrected chi connectivity index (χ1v) is 10.5. The topological polar surface area (TPSA) is 87.6 Å². The molecule has 1 fully saturated rings. The highest BCUT2D eigenvalue weighted by atomic mass is 35.5. The molecule has 1 aromatic heterocycles. The van der Waals surface area contributed by atoms with E-state index in [1.807, 2.05) is 52.0 Å². The molecule has 3 N–H and O–H groups in total. The molecule has 0 aliphatic carbocycles. The average Bonchev–Trinajstić information content (AvgIpc) is 3.09. The molecule has 0 aromatic carbocycles. The number of carbonyl (C=O) groups excluding carboxylic acids is 1. The van der Waals surface area contributed by atoms with E-state index in [0.29, 0.717) is 19.5 Å². The van der Waals surface area contributed by atoms with Gasteiger partial charge >= 0.3 is 6.09 Å². The first-order valence-electron chi connectivity index (χ1n) is 10.1. The van der Waals surface area contributed by atoms with Crippen LogP contribution in [0.5, 0.6) is 0 Å². The number of rotatable bonds is 7. The molecule has 0 radical (unpaired) electrons. The summed E-state index contributed by atoms with van der Waals surface area (Å²) in [6.45, 7) is 10.5. The van der Waals surface area contributed by atoms with Gasteiger partial charge in [-0.15, -0.1) is 0 Å².